The molecule has 0 spiro atoms. The first-order valence-corrected chi connectivity index (χ1v) is 9.14. The Kier molecular flexibility index (Phi) is 7.05. The Morgan fingerprint density at radius 2 is 1.93 bits per heavy atom. The third kappa shape index (κ3) is 5.58. The number of hydrogen-bond donors (Lipinski definition) is 0. The van der Waals surface area contributed by atoms with E-state index < -0.39 is 17.6 Å². The van der Waals surface area contributed by atoms with Crippen molar-refractivity contribution in [1.29, 1.82) is 0 Å². The maximum Gasteiger partial charge on any atom is 0.423 e. The summed E-state index contributed by atoms with van der Waals surface area (Å²) in [5.41, 5.74) is 0.979. The standard InChI is InChI=1S/C20H26F3N3O/c1-5-6-7-11-27-18-17(20(21,22)23)13-24-19(25-18)26(4)16-10-8-9-15(12-16)14(2)3/h8-10,12-14H,5-7,11H2,1-4H3. The molecule has 27 heavy (non-hydrogen) atoms. The Hall–Kier alpha value is -2.31. The van der Waals surface area contributed by atoms with Gasteiger partial charge in [-0.3, -0.25) is 0 Å². The highest BCUT2D eigenvalue weighted by molar-refractivity contribution is 5.58. The highest BCUT2D eigenvalue weighted by atomic mass is 19.4. The van der Waals surface area contributed by atoms with Crippen LogP contribution in [0.15, 0.2) is 30.5 Å². The number of halogens is 3. The molecule has 0 atom stereocenters. The molecule has 148 valence electrons. The number of rotatable bonds is 8. The molecule has 2 aromatic rings. The van der Waals surface area contributed by atoms with Gasteiger partial charge in [-0.1, -0.05) is 45.7 Å². The van der Waals surface area contributed by atoms with Gasteiger partial charge in [0.2, 0.25) is 11.8 Å². The molecule has 0 unspecified atom stereocenters. The van der Waals surface area contributed by atoms with Crippen molar-refractivity contribution in [3.8, 4) is 5.88 Å². The van der Waals surface area contributed by atoms with E-state index in [2.05, 4.69) is 23.8 Å². The quantitative estimate of drug-likeness (QED) is 0.529. The van der Waals surface area contributed by atoms with Gasteiger partial charge in [-0.15, -0.1) is 0 Å². The zero-order chi connectivity index (χ0) is 20.0. The average Bonchev–Trinajstić information content (AvgIpc) is 2.63. The molecule has 0 fully saturated rings. The van der Waals surface area contributed by atoms with E-state index >= 15 is 0 Å². The summed E-state index contributed by atoms with van der Waals surface area (Å²) >= 11 is 0. The van der Waals surface area contributed by atoms with E-state index in [-0.39, 0.29) is 12.6 Å². The predicted molar refractivity (Wildman–Crippen MR) is 101 cm³/mol. The Labute approximate surface area is 158 Å². The fourth-order valence-corrected chi connectivity index (χ4v) is 2.55. The minimum absolute atomic E-state index is 0.161. The van der Waals surface area contributed by atoms with Crippen LogP contribution < -0.4 is 9.64 Å². The van der Waals surface area contributed by atoms with E-state index in [0.29, 0.717) is 12.3 Å². The van der Waals surface area contributed by atoms with Gasteiger partial charge in [-0.2, -0.15) is 18.2 Å². The molecule has 0 aliphatic rings. The van der Waals surface area contributed by atoms with Crippen molar-refractivity contribution in [2.24, 2.45) is 0 Å². The monoisotopic (exact) mass is 381 g/mol. The summed E-state index contributed by atoms with van der Waals surface area (Å²) in [5, 5.41) is 0. The van der Waals surface area contributed by atoms with Crippen molar-refractivity contribution in [3.05, 3.63) is 41.6 Å². The van der Waals surface area contributed by atoms with Gasteiger partial charge in [-0.05, 0) is 30.0 Å². The molecular formula is C20H26F3N3O. The molecule has 1 aromatic carbocycles. The number of anilines is 2. The number of unbranched alkanes of at least 4 members (excludes halogenated alkanes) is 2. The third-order valence-electron chi connectivity index (χ3n) is 4.26. The third-order valence-corrected chi connectivity index (χ3v) is 4.26. The molecule has 0 aliphatic carbocycles. The maximum atomic E-state index is 13.2. The number of hydrogen-bond acceptors (Lipinski definition) is 4. The molecule has 0 saturated heterocycles. The highest BCUT2D eigenvalue weighted by Crippen LogP contribution is 2.36. The van der Waals surface area contributed by atoms with Crippen LogP contribution >= 0.6 is 0 Å². The Morgan fingerprint density at radius 3 is 2.56 bits per heavy atom. The second kappa shape index (κ2) is 9.06. The first-order valence-electron chi connectivity index (χ1n) is 9.14. The van der Waals surface area contributed by atoms with Crippen molar-refractivity contribution in [3.63, 3.8) is 0 Å². The van der Waals surface area contributed by atoms with E-state index in [9.17, 15) is 13.2 Å². The second-order valence-electron chi connectivity index (χ2n) is 6.75. The zero-order valence-corrected chi connectivity index (χ0v) is 16.2. The fourth-order valence-electron chi connectivity index (χ4n) is 2.55. The van der Waals surface area contributed by atoms with Crippen molar-refractivity contribution < 1.29 is 17.9 Å². The molecule has 4 nitrogen and oxygen atoms in total. The fraction of sp³-hybridized carbons (Fsp3) is 0.500. The lowest BCUT2D eigenvalue weighted by Gasteiger charge is -2.20. The zero-order valence-electron chi connectivity index (χ0n) is 16.2. The summed E-state index contributed by atoms with van der Waals surface area (Å²) in [7, 11) is 1.73. The summed E-state index contributed by atoms with van der Waals surface area (Å²) in [6.07, 6.45) is -1.24. The van der Waals surface area contributed by atoms with Crippen LogP contribution in [0, 0.1) is 0 Å². The van der Waals surface area contributed by atoms with Gasteiger partial charge in [0.15, 0.2) is 0 Å². The van der Waals surface area contributed by atoms with E-state index in [1.165, 1.54) is 0 Å². The molecule has 0 amide bonds. The predicted octanol–water partition coefficient (Wildman–Crippen LogP) is 5.96. The number of ether oxygens (including phenoxy) is 1. The van der Waals surface area contributed by atoms with Crippen molar-refractivity contribution in [1.82, 2.24) is 9.97 Å². The first kappa shape index (κ1) is 21.0. The molecule has 0 aliphatic heterocycles. The summed E-state index contributed by atoms with van der Waals surface area (Å²) in [5.74, 6) is 0.0780. The van der Waals surface area contributed by atoms with Gasteiger partial charge in [0.25, 0.3) is 0 Å². The number of benzene rings is 1. The van der Waals surface area contributed by atoms with Crippen LogP contribution in [0.25, 0.3) is 0 Å². The van der Waals surface area contributed by atoms with Crippen LogP contribution in [-0.4, -0.2) is 23.6 Å². The van der Waals surface area contributed by atoms with Crippen LogP contribution in [0.4, 0.5) is 24.8 Å². The van der Waals surface area contributed by atoms with Gasteiger partial charge in [0, 0.05) is 18.9 Å². The normalized spacial score (nSPS) is 11.7. The maximum absolute atomic E-state index is 13.2. The minimum Gasteiger partial charge on any atom is -0.477 e. The van der Waals surface area contributed by atoms with Crippen molar-refractivity contribution in [2.45, 2.75) is 52.1 Å². The van der Waals surface area contributed by atoms with Crippen LogP contribution in [0.3, 0.4) is 0 Å². The molecule has 1 aromatic heterocycles. The van der Waals surface area contributed by atoms with Gasteiger partial charge in [0.05, 0.1) is 6.61 Å². The molecule has 0 N–H and O–H groups in total. The van der Waals surface area contributed by atoms with Crippen LogP contribution in [0.2, 0.25) is 0 Å². The number of alkyl halides is 3. The molecule has 2 rings (SSSR count). The molecule has 1 heterocycles. The van der Waals surface area contributed by atoms with E-state index in [4.69, 9.17) is 4.74 Å². The lowest BCUT2D eigenvalue weighted by atomic mass is 10.0. The Bertz CT molecular complexity index is 747. The second-order valence-corrected chi connectivity index (χ2v) is 6.75. The van der Waals surface area contributed by atoms with E-state index in [0.717, 1.165) is 30.3 Å². The lowest BCUT2D eigenvalue weighted by molar-refractivity contribution is -0.139. The molecular weight excluding hydrogens is 355 g/mol. The van der Waals surface area contributed by atoms with Gasteiger partial charge < -0.3 is 9.64 Å². The smallest absolute Gasteiger partial charge is 0.423 e. The Balaban J connectivity index is 2.32. The summed E-state index contributed by atoms with van der Waals surface area (Å²) < 4.78 is 45.1. The van der Waals surface area contributed by atoms with Crippen LogP contribution in [0.5, 0.6) is 5.88 Å². The van der Waals surface area contributed by atoms with Crippen LogP contribution in [0.1, 0.15) is 57.1 Å². The SMILES string of the molecule is CCCCCOc1nc(N(C)c2cccc(C(C)C)c2)ncc1C(F)(F)F. The lowest BCUT2D eigenvalue weighted by Crippen LogP contribution is -2.17. The van der Waals surface area contributed by atoms with Crippen LogP contribution in [-0.2, 0) is 6.18 Å². The summed E-state index contributed by atoms with van der Waals surface area (Å²) in [4.78, 5) is 9.63. The topological polar surface area (TPSA) is 38.2 Å². The van der Waals surface area contributed by atoms with Crippen molar-refractivity contribution in [2.75, 3.05) is 18.6 Å². The number of nitrogens with zero attached hydrogens (tertiary/aromatic N) is 3. The summed E-state index contributed by atoms with van der Waals surface area (Å²) in [6.45, 7) is 6.37. The van der Waals surface area contributed by atoms with E-state index in [1.54, 1.807) is 11.9 Å². The first-order chi connectivity index (χ1) is 12.7. The van der Waals surface area contributed by atoms with Crippen molar-refractivity contribution >= 4 is 11.6 Å². The molecule has 0 bridgehead atoms. The minimum atomic E-state index is -4.56. The van der Waals surface area contributed by atoms with Gasteiger partial charge >= 0.3 is 6.18 Å². The largest absolute Gasteiger partial charge is 0.477 e. The summed E-state index contributed by atoms with van der Waals surface area (Å²) in [6, 6.07) is 7.77. The van der Waals surface area contributed by atoms with E-state index in [1.807, 2.05) is 31.2 Å². The number of aromatic nitrogens is 2. The molecule has 0 saturated carbocycles. The highest BCUT2D eigenvalue weighted by Gasteiger charge is 2.36. The Morgan fingerprint density at radius 1 is 1.19 bits per heavy atom. The molecule has 7 heteroatoms. The van der Waals surface area contributed by atoms with Gasteiger partial charge in [-0.25, -0.2) is 4.98 Å². The van der Waals surface area contributed by atoms with Gasteiger partial charge in [0.1, 0.15) is 5.56 Å². The average molecular weight is 381 g/mol. The molecule has 0 radical (unpaired) electrons.